The van der Waals surface area contributed by atoms with Crippen LogP contribution in [0.2, 0.25) is 0 Å². The Labute approximate surface area is 208 Å². The summed E-state index contributed by atoms with van der Waals surface area (Å²) in [6, 6.07) is 16.1. The molecule has 0 bridgehead atoms. The number of hydrogen-bond donors (Lipinski definition) is 2. The van der Waals surface area contributed by atoms with Crippen LogP contribution in [-0.2, 0) is 13.0 Å². The second kappa shape index (κ2) is 8.62. The van der Waals surface area contributed by atoms with Gasteiger partial charge in [-0.15, -0.1) is 10.2 Å². The first kappa shape index (κ1) is 21.5. The number of tetrazole rings is 1. The number of aryl methyl sites for hydroxylation is 2. The highest BCUT2D eigenvalue weighted by Gasteiger charge is 2.19. The molecule has 10 heteroatoms. The average Bonchev–Trinajstić information content (AvgIpc) is 3.63. The summed E-state index contributed by atoms with van der Waals surface area (Å²) in [5, 5.41) is 23.5. The van der Waals surface area contributed by atoms with Crippen LogP contribution in [0.15, 0.2) is 63.6 Å². The summed E-state index contributed by atoms with van der Waals surface area (Å²) in [6.07, 6.45) is 2.70. The van der Waals surface area contributed by atoms with Gasteiger partial charge in [0, 0.05) is 40.4 Å². The van der Waals surface area contributed by atoms with Crippen LogP contribution in [0.4, 0.5) is 5.82 Å². The first-order valence-corrected chi connectivity index (χ1v) is 12.0. The largest absolute Gasteiger partial charge is 0.455 e. The number of aromatic amines is 1. The van der Waals surface area contributed by atoms with Gasteiger partial charge >= 0.3 is 0 Å². The maximum atomic E-state index is 6.26. The molecule has 0 radical (unpaired) electrons. The second-order valence-corrected chi connectivity index (χ2v) is 9.05. The summed E-state index contributed by atoms with van der Waals surface area (Å²) in [4.78, 5) is 4.71. The fraction of sp³-hybridized carbons (Fsp3) is 0.160. The van der Waals surface area contributed by atoms with E-state index in [1.807, 2.05) is 48.0 Å². The third kappa shape index (κ3) is 3.75. The number of nitrogens with one attached hydrogen (secondary N) is 2. The van der Waals surface area contributed by atoms with Crippen LogP contribution in [0.3, 0.4) is 0 Å². The zero-order chi connectivity index (χ0) is 23.9. The molecular formula is C25H21BrN8O. The Morgan fingerprint density at radius 2 is 1.97 bits per heavy atom. The molecule has 2 N–H and O–H groups in total. The average molecular weight is 529 g/mol. The molecule has 0 saturated carbocycles. The van der Waals surface area contributed by atoms with Gasteiger partial charge in [0.05, 0.1) is 10.7 Å². The Balaban J connectivity index is 1.34. The number of hydrogen-bond acceptors (Lipinski definition) is 7. The predicted molar refractivity (Wildman–Crippen MR) is 137 cm³/mol. The van der Waals surface area contributed by atoms with E-state index in [2.05, 4.69) is 72.1 Å². The molecular weight excluding hydrogens is 508 g/mol. The Morgan fingerprint density at radius 3 is 2.77 bits per heavy atom. The van der Waals surface area contributed by atoms with Crippen LogP contribution in [0.25, 0.3) is 39.3 Å². The Morgan fingerprint density at radius 1 is 1.11 bits per heavy atom. The molecule has 0 unspecified atom stereocenters. The van der Waals surface area contributed by atoms with Crippen molar-refractivity contribution in [2.24, 2.45) is 0 Å². The van der Waals surface area contributed by atoms with E-state index in [9.17, 15) is 0 Å². The molecule has 0 saturated heterocycles. The fourth-order valence-electron chi connectivity index (χ4n) is 4.17. The SMILES string of the molecule is CCc1cc(NCc2ccc3oc(-c4ccccc4-c4nn[nH]n4)c(Br)c3c2)n2ncc(C)c2n1. The van der Waals surface area contributed by atoms with Crippen molar-refractivity contribution < 1.29 is 4.42 Å². The maximum Gasteiger partial charge on any atom is 0.205 e. The molecule has 0 fully saturated rings. The molecule has 174 valence electrons. The molecule has 4 aromatic heterocycles. The summed E-state index contributed by atoms with van der Waals surface area (Å²) in [7, 11) is 0. The smallest absolute Gasteiger partial charge is 0.205 e. The summed E-state index contributed by atoms with van der Waals surface area (Å²) in [5.74, 6) is 2.16. The summed E-state index contributed by atoms with van der Waals surface area (Å²) < 4.78 is 8.99. The van der Waals surface area contributed by atoms with Crippen LogP contribution in [0, 0.1) is 6.92 Å². The van der Waals surface area contributed by atoms with Crippen LogP contribution >= 0.6 is 15.9 Å². The highest BCUT2D eigenvalue weighted by atomic mass is 79.9. The van der Waals surface area contributed by atoms with Gasteiger partial charge in [0.1, 0.15) is 17.2 Å². The molecule has 0 aliphatic rings. The first-order chi connectivity index (χ1) is 17.1. The summed E-state index contributed by atoms with van der Waals surface area (Å²) in [6.45, 7) is 4.76. The zero-order valence-electron chi connectivity index (χ0n) is 19.1. The molecule has 6 rings (SSSR count). The highest BCUT2D eigenvalue weighted by molar-refractivity contribution is 9.10. The molecule has 2 aromatic carbocycles. The van der Waals surface area contributed by atoms with E-state index in [1.54, 1.807) is 0 Å². The number of rotatable bonds is 6. The van der Waals surface area contributed by atoms with Crippen molar-refractivity contribution in [3.8, 4) is 22.7 Å². The minimum Gasteiger partial charge on any atom is -0.455 e. The van der Waals surface area contributed by atoms with Crippen molar-refractivity contribution in [3.63, 3.8) is 0 Å². The lowest BCUT2D eigenvalue weighted by molar-refractivity contribution is 0.630. The molecule has 6 aromatic rings. The van der Waals surface area contributed by atoms with E-state index in [4.69, 9.17) is 9.40 Å². The number of H-pyrrole nitrogens is 1. The van der Waals surface area contributed by atoms with Crippen molar-refractivity contribution >= 4 is 38.4 Å². The molecule has 9 nitrogen and oxygen atoms in total. The highest BCUT2D eigenvalue weighted by Crippen LogP contribution is 2.41. The number of benzene rings is 2. The maximum absolute atomic E-state index is 6.26. The van der Waals surface area contributed by atoms with Gasteiger partial charge in [0.2, 0.25) is 5.82 Å². The Kier molecular flexibility index (Phi) is 5.29. The van der Waals surface area contributed by atoms with E-state index in [0.29, 0.717) is 12.4 Å². The van der Waals surface area contributed by atoms with Gasteiger partial charge in [-0.3, -0.25) is 0 Å². The van der Waals surface area contributed by atoms with Gasteiger partial charge in [-0.2, -0.15) is 14.8 Å². The standard InChI is InChI=1S/C25H21BrN8O/c1-3-16-11-21(34-25(29-16)14(2)12-28-34)27-13-15-8-9-20-19(10-15)22(26)23(35-20)17-6-4-5-7-18(17)24-30-32-33-31-24/h4-12,27H,3,13H2,1-2H3,(H,30,31,32,33). The van der Waals surface area contributed by atoms with Gasteiger partial charge < -0.3 is 9.73 Å². The van der Waals surface area contributed by atoms with Crippen molar-refractivity contribution in [2.45, 2.75) is 26.8 Å². The van der Waals surface area contributed by atoms with Gasteiger partial charge in [-0.05, 0) is 52.2 Å². The lowest BCUT2D eigenvalue weighted by Crippen LogP contribution is -2.07. The predicted octanol–water partition coefficient (Wildman–Crippen LogP) is 5.57. The second-order valence-electron chi connectivity index (χ2n) is 8.26. The third-order valence-electron chi connectivity index (χ3n) is 5.99. The quantitative estimate of drug-likeness (QED) is 0.290. The summed E-state index contributed by atoms with van der Waals surface area (Å²) >= 11 is 3.77. The lowest BCUT2D eigenvalue weighted by atomic mass is 10.0. The molecule has 0 amide bonds. The minimum atomic E-state index is 0.516. The number of anilines is 1. The van der Waals surface area contributed by atoms with E-state index in [1.165, 1.54) is 0 Å². The van der Waals surface area contributed by atoms with E-state index < -0.39 is 0 Å². The number of furan rings is 1. The monoisotopic (exact) mass is 528 g/mol. The third-order valence-corrected chi connectivity index (χ3v) is 6.77. The van der Waals surface area contributed by atoms with E-state index in [-0.39, 0.29) is 0 Å². The fourth-order valence-corrected chi connectivity index (χ4v) is 4.78. The van der Waals surface area contributed by atoms with E-state index >= 15 is 0 Å². The zero-order valence-corrected chi connectivity index (χ0v) is 20.7. The van der Waals surface area contributed by atoms with Crippen LogP contribution < -0.4 is 5.32 Å². The Bertz CT molecular complexity index is 1670. The van der Waals surface area contributed by atoms with Crippen LogP contribution in [0.1, 0.15) is 23.7 Å². The molecule has 0 atom stereocenters. The van der Waals surface area contributed by atoms with Crippen molar-refractivity contribution in [1.29, 1.82) is 0 Å². The van der Waals surface area contributed by atoms with Crippen LogP contribution in [-0.4, -0.2) is 35.2 Å². The molecule has 0 aliphatic carbocycles. The van der Waals surface area contributed by atoms with Gasteiger partial charge in [-0.25, -0.2) is 4.98 Å². The van der Waals surface area contributed by atoms with Crippen molar-refractivity contribution in [3.05, 3.63) is 76.0 Å². The minimum absolute atomic E-state index is 0.516. The van der Waals surface area contributed by atoms with Crippen LogP contribution in [0.5, 0.6) is 0 Å². The summed E-state index contributed by atoms with van der Waals surface area (Å²) in [5.41, 5.74) is 6.60. The lowest BCUT2D eigenvalue weighted by Gasteiger charge is -2.10. The van der Waals surface area contributed by atoms with Gasteiger partial charge in [0.25, 0.3) is 0 Å². The number of aromatic nitrogens is 7. The van der Waals surface area contributed by atoms with Crippen molar-refractivity contribution in [2.75, 3.05) is 5.32 Å². The molecule has 35 heavy (non-hydrogen) atoms. The number of halogens is 1. The Hall–Kier alpha value is -4.05. The normalized spacial score (nSPS) is 11.5. The first-order valence-electron chi connectivity index (χ1n) is 11.2. The van der Waals surface area contributed by atoms with Crippen molar-refractivity contribution in [1.82, 2.24) is 35.2 Å². The van der Waals surface area contributed by atoms with E-state index in [0.717, 1.165) is 67.0 Å². The number of fused-ring (bicyclic) bond motifs is 2. The number of nitrogens with zero attached hydrogens (tertiary/aromatic N) is 6. The van der Waals surface area contributed by atoms with Gasteiger partial charge in [-0.1, -0.05) is 37.3 Å². The molecule has 0 aliphatic heterocycles. The molecule has 4 heterocycles. The topological polar surface area (TPSA) is 110 Å². The molecule has 0 spiro atoms. The van der Waals surface area contributed by atoms with Gasteiger partial charge in [0.15, 0.2) is 5.65 Å².